The zero-order valence-electron chi connectivity index (χ0n) is 13.8. The fraction of sp³-hybridized carbons (Fsp3) is 0.227. The van der Waals surface area contributed by atoms with Crippen molar-refractivity contribution >= 4 is 11.9 Å². The Hall–Kier alpha value is -2.61. The van der Waals surface area contributed by atoms with E-state index in [0.717, 1.165) is 41.1 Å². The van der Waals surface area contributed by atoms with Crippen LogP contribution in [-0.4, -0.2) is 5.78 Å². The molecule has 2 aliphatic rings. The second kappa shape index (κ2) is 5.79. The van der Waals surface area contributed by atoms with Crippen LogP contribution in [0.4, 0.5) is 0 Å². The number of hydrogen-bond donors (Lipinski definition) is 0. The predicted molar refractivity (Wildman–Crippen MR) is 95.2 cm³/mol. The first-order valence-corrected chi connectivity index (χ1v) is 8.47. The normalized spacial score (nSPS) is 24.9. The van der Waals surface area contributed by atoms with E-state index in [1.165, 1.54) is 0 Å². The van der Waals surface area contributed by atoms with Gasteiger partial charge in [-0.2, -0.15) is 0 Å². The van der Waals surface area contributed by atoms with E-state index in [-0.39, 0.29) is 5.78 Å². The van der Waals surface area contributed by atoms with Gasteiger partial charge in [-0.25, -0.2) is 0 Å². The molecule has 0 fully saturated rings. The van der Waals surface area contributed by atoms with Gasteiger partial charge in [0.05, 0.1) is 11.0 Å². The van der Waals surface area contributed by atoms with Crippen LogP contribution in [0, 0.1) is 0 Å². The molecule has 1 atom stereocenters. The number of ether oxygens (including phenoxy) is 1. The molecule has 0 radical (unpaired) electrons. The topological polar surface area (TPSA) is 26.3 Å². The number of allylic oxidation sites excluding steroid dienone is 2. The smallest absolute Gasteiger partial charge is 0.163 e. The number of ketones is 1. The van der Waals surface area contributed by atoms with Crippen LogP contribution < -0.4 is 0 Å². The van der Waals surface area contributed by atoms with Gasteiger partial charge >= 0.3 is 0 Å². The molecule has 0 saturated carbocycles. The summed E-state index contributed by atoms with van der Waals surface area (Å²) >= 11 is 0. The number of hydrogen-bond acceptors (Lipinski definition) is 2. The quantitative estimate of drug-likeness (QED) is 0.777. The standard InChI is InChI=1S/C22H20O2/c1-22(17-11-6-3-7-12-17)20(15-16-9-4-2-5-10-16)24-19-14-8-13-18(23)21(19)22/h2-7,9-12,15H,8,13-14H2,1H3/b20-15-. The van der Waals surface area contributed by atoms with Gasteiger partial charge in [-0.15, -0.1) is 0 Å². The van der Waals surface area contributed by atoms with Crippen LogP contribution in [0.3, 0.4) is 0 Å². The summed E-state index contributed by atoms with van der Waals surface area (Å²) in [7, 11) is 0. The van der Waals surface area contributed by atoms with Gasteiger partial charge in [0.1, 0.15) is 11.5 Å². The highest BCUT2D eigenvalue weighted by molar-refractivity contribution is 6.01. The van der Waals surface area contributed by atoms with Gasteiger partial charge in [-0.3, -0.25) is 4.79 Å². The first-order chi connectivity index (χ1) is 11.7. The molecular formula is C22H20O2. The van der Waals surface area contributed by atoms with Crippen LogP contribution in [0.25, 0.3) is 6.08 Å². The number of carbonyl (C=O) groups excluding carboxylic acids is 1. The van der Waals surface area contributed by atoms with Crippen molar-refractivity contribution in [2.24, 2.45) is 0 Å². The average Bonchev–Trinajstić information content (AvgIpc) is 2.91. The Bertz CT molecular complexity index is 831. The molecule has 4 rings (SSSR count). The molecule has 0 N–H and O–H groups in total. The average molecular weight is 316 g/mol. The highest BCUT2D eigenvalue weighted by Gasteiger charge is 2.48. The monoisotopic (exact) mass is 316 g/mol. The third-order valence-corrected chi connectivity index (χ3v) is 5.04. The summed E-state index contributed by atoms with van der Waals surface area (Å²) in [6, 6.07) is 20.3. The van der Waals surface area contributed by atoms with E-state index in [1.807, 2.05) is 36.4 Å². The molecule has 1 unspecified atom stereocenters. The summed E-state index contributed by atoms with van der Waals surface area (Å²) in [5.41, 5.74) is 2.53. The third-order valence-electron chi connectivity index (χ3n) is 5.04. The first kappa shape index (κ1) is 14.9. The zero-order chi connectivity index (χ0) is 16.6. The van der Waals surface area contributed by atoms with Crippen LogP contribution in [0.2, 0.25) is 0 Å². The minimum absolute atomic E-state index is 0.221. The Morgan fingerprint density at radius 2 is 1.62 bits per heavy atom. The van der Waals surface area contributed by atoms with Crippen molar-refractivity contribution in [2.75, 3.05) is 0 Å². The number of carbonyl (C=O) groups is 1. The van der Waals surface area contributed by atoms with Crippen LogP contribution in [-0.2, 0) is 14.9 Å². The van der Waals surface area contributed by atoms with E-state index in [0.29, 0.717) is 6.42 Å². The maximum Gasteiger partial charge on any atom is 0.163 e. The van der Waals surface area contributed by atoms with Crippen LogP contribution in [0.5, 0.6) is 0 Å². The van der Waals surface area contributed by atoms with Gasteiger partial charge in [0.2, 0.25) is 0 Å². The van der Waals surface area contributed by atoms with Crippen molar-refractivity contribution in [2.45, 2.75) is 31.6 Å². The van der Waals surface area contributed by atoms with Crippen molar-refractivity contribution in [3.8, 4) is 0 Å². The summed E-state index contributed by atoms with van der Waals surface area (Å²) in [6.45, 7) is 2.11. The molecule has 2 heteroatoms. The molecule has 0 saturated heterocycles. The third kappa shape index (κ3) is 2.30. The Morgan fingerprint density at radius 1 is 0.958 bits per heavy atom. The van der Waals surface area contributed by atoms with Crippen LogP contribution in [0.15, 0.2) is 77.8 Å². The fourth-order valence-electron chi connectivity index (χ4n) is 3.77. The number of benzene rings is 2. The molecule has 0 aromatic heterocycles. The lowest BCUT2D eigenvalue weighted by Gasteiger charge is -2.28. The molecule has 1 aliphatic carbocycles. The molecule has 0 bridgehead atoms. The van der Waals surface area contributed by atoms with Gasteiger partial charge < -0.3 is 4.74 Å². The van der Waals surface area contributed by atoms with E-state index in [4.69, 9.17) is 4.74 Å². The zero-order valence-corrected chi connectivity index (χ0v) is 13.8. The fourth-order valence-corrected chi connectivity index (χ4v) is 3.77. The largest absolute Gasteiger partial charge is 0.464 e. The molecule has 0 amide bonds. The molecule has 2 nitrogen and oxygen atoms in total. The lowest BCUT2D eigenvalue weighted by atomic mass is 9.71. The van der Waals surface area contributed by atoms with Gasteiger partial charge in [0.15, 0.2) is 5.78 Å². The summed E-state index contributed by atoms with van der Waals surface area (Å²) in [5.74, 6) is 1.93. The SMILES string of the molecule is CC1(c2ccccc2)C2=C(CCCC2=O)O/C1=C\c1ccccc1. The van der Waals surface area contributed by atoms with E-state index in [1.54, 1.807) is 0 Å². The predicted octanol–water partition coefficient (Wildman–Crippen LogP) is 5.02. The van der Waals surface area contributed by atoms with Crippen molar-refractivity contribution in [3.05, 3.63) is 88.9 Å². The molecule has 2 aromatic carbocycles. The maximum atomic E-state index is 12.7. The second-order valence-corrected chi connectivity index (χ2v) is 6.59. The van der Waals surface area contributed by atoms with E-state index in [2.05, 4.69) is 37.3 Å². The molecule has 0 spiro atoms. The minimum atomic E-state index is -0.510. The molecule has 24 heavy (non-hydrogen) atoms. The van der Waals surface area contributed by atoms with Crippen LogP contribution >= 0.6 is 0 Å². The van der Waals surface area contributed by atoms with E-state index >= 15 is 0 Å². The molecule has 120 valence electrons. The lowest BCUT2D eigenvalue weighted by Crippen LogP contribution is -2.29. The second-order valence-electron chi connectivity index (χ2n) is 6.59. The maximum absolute atomic E-state index is 12.7. The van der Waals surface area contributed by atoms with Crippen molar-refractivity contribution in [1.29, 1.82) is 0 Å². The van der Waals surface area contributed by atoms with Crippen molar-refractivity contribution in [3.63, 3.8) is 0 Å². The molecule has 1 heterocycles. The Kier molecular flexibility index (Phi) is 3.61. The number of Topliss-reactive ketones (excluding diaryl/α,β-unsaturated/α-hetero) is 1. The highest BCUT2D eigenvalue weighted by atomic mass is 16.5. The summed E-state index contributed by atoms with van der Waals surface area (Å²) in [5, 5.41) is 0. The van der Waals surface area contributed by atoms with Gasteiger partial charge in [0.25, 0.3) is 0 Å². The number of rotatable bonds is 2. The minimum Gasteiger partial charge on any atom is -0.464 e. The first-order valence-electron chi connectivity index (χ1n) is 8.47. The summed E-state index contributed by atoms with van der Waals surface area (Å²) in [6.07, 6.45) is 4.40. The van der Waals surface area contributed by atoms with Crippen molar-refractivity contribution in [1.82, 2.24) is 0 Å². The van der Waals surface area contributed by atoms with Gasteiger partial charge in [-0.1, -0.05) is 60.7 Å². The van der Waals surface area contributed by atoms with Gasteiger partial charge in [0, 0.05) is 12.8 Å². The van der Waals surface area contributed by atoms with Gasteiger partial charge in [-0.05, 0) is 30.5 Å². The Labute approximate surface area is 142 Å². The lowest BCUT2D eigenvalue weighted by molar-refractivity contribution is -0.116. The highest BCUT2D eigenvalue weighted by Crippen LogP contribution is 2.51. The Balaban J connectivity index is 1.90. The summed E-state index contributed by atoms with van der Waals surface area (Å²) < 4.78 is 6.23. The Morgan fingerprint density at radius 3 is 2.33 bits per heavy atom. The summed E-state index contributed by atoms with van der Waals surface area (Å²) in [4.78, 5) is 12.7. The van der Waals surface area contributed by atoms with Crippen LogP contribution in [0.1, 0.15) is 37.3 Å². The molecule has 1 aliphatic heterocycles. The van der Waals surface area contributed by atoms with Crippen molar-refractivity contribution < 1.29 is 9.53 Å². The van der Waals surface area contributed by atoms with E-state index in [9.17, 15) is 4.79 Å². The molecule has 2 aromatic rings. The molecular weight excluding hydrogens is 296 g/mol. The van der Waals surface area contributed by atoms with E-state index < -0.39 is 5.41 Å².